The normalized spacial score (nSPS) is 22.1. The van der Waals surface area contributed by atoms with Crippen LogP contribution in [0.1, 0.15) is 44.7 Å². The molecule has 0 aliphatic carbocycles. The van der Waals surface area contributed by atoms with Crippen LogP contribution in [0.3, 0.4) is 0 Å². The van der Waals surface area contributed by atoms with Gasteiger partial charge in [-0.15, -0.1) is 11.3 Å². The Hall–Kier alpha value is -1.14. The van der Waals surface area contributed by atoms with E-state index in [1.165, 1.54) is 4.88 Å². The molecule has 2 rings (SSSR count). The number of aryl methyl sites for hydroxylation is 1. The van der Waals surface area contributed by atoms with E-state index in [4.69, 9.17) is 9.47 Å². The fraction of sp³-hybridized carbons (Fsp3) is 0.750. The van der Waals surface area contributed by atoms with Gasteiger partial charge in [0.25, 0.3) is 0 Å². The molecule has 1 atom stereocenters. The molecule has 0 spiro atoms. The van der Waals surface area contributed by atoms with Crippen LogP contribution in [0, 0.1) is 6.92 Å². The average molecular weight is 326 g/mol. The van der Waals surface area contributed by atoms with E-state index in [0.29, 0.717) is 19.7 Å². The third-order valence-electron chi connectivity index (χ3n) is 3.71. The fourth-order valence-electron chi connectivity index (χ4n) is 2.49. The molecular weight excluding hydrogens is 300 g/mol. The average Bonchev–Trinajstić information content (AvgIpc) is 2.95. The third-order valence-corrected chi connectivity index (χ3v) is 4.71. The number of nitrogens with zero attached hydrogens (tertiary/aromatic N) is 2. The molecule has 1 aromatic heterocycles. The second-order valence-electron chi connectivity index (χ2n) is 7.06. The van der Waals surface area contributed by atoms with E-state index < -0.39 is 5.60 Å². The lowest BCUT2D eigenvalue weighted by Gasteiger charge is -2.27. The monoisotopic (exact) mass is 326 g/mol. The highest BCUT2D eigenvalue weighted by atomic mass is 32.1. The number of carbonyl (C=O) groups is 1. The Balaban J connectivity index is 1.80. The maximum absolute atomic E-state index is 12.1. The Morgan fingerprint density at radius 2 is 2.23 bits per heavy atom. The minimum absolute atomic E-state index is 0.252. The predicted molar refractivity (Wildman–Crippen MR) is 87.3 cm³/mol. The summed E-state index contributed by atoms with van der Waals surface area (Å²) in [6, 6.07) is 0. The molecule has 2 heterocycles. The van der Waals surface area contributed by atoms with Crippen molar-refractivity contribution in [3.8, 4) is 0 Å². The minimum atomic E-state index is -0.458. The first-order valence-electron chi connectivity index (χ1n) is 7.69. The van der Waals surface area contributed by atoms with Crippen molar-refractivity contribution in [1.82, 2.24) is 9.88 Å². The van der Waals surface area contributed by atoms with E-state index >= 15 is 0 Å². The van der Waals surface area contributed by atoms with Gasteiger partial charge in [0.1, 0.15) is 5.60 Å². The Morgan fingerprint density at radius 1 is 1.50 bits per heavy atom. The number of amides is 1. The van der Waals surface area contributed by atoms with Gasteiger partial charge in [0.15, 0.2) is 0 Å². The number of likely N-dealkylation sites (tertiary alicyclic amines) is 1. The number of aromatic nitrogens is 1. The Kier molecular flexibility index (Phi) is 5.12. The highest BCUT2D eigenvalue weighted by Gasteiger charge is 2.38. The molecule has 1 fully saturated rings. The van der Waals surface area contributed by atoms with E-state index in [-0.39, 0.29) is 11.7 Å². The number of carbonyl (C=O) groups excluding carboxylic acids is 1. The first kappa shape index (κ1) is 17.2. The highest BCUT2D eigenvalue weighted by molar-refractivity contribution is 7.09. The van der Waals surface area contributed by atoms with Gasteiger partial charge in [-0.2, -0.15) is 0 Å². The lowest BCUT2D eigenvalue weighted by atomic mass is 10.1. The number of hydrogen-bond acceptors (Lipinski definition) is 5. The lowest BCUT2D eigenvalue weighted by molar-refractivity contribution is -0.0256. The summed E-state index contributed by atoms with van der Waals surface area (Å²) in [6.45, 7) is 11.7. The number of ether oxygens (including phenoxy) is 2. The summed E-state index contributed by atoms with van der Waals surface area (Å²) >= 11 is 1.67. The van der Waals surface area contributed by atoms with Gasteiger partial charge in [-0.25, -0.2) is 9.78 Å². The molecule has 0 bridgehead atoms. The molecule has 0 aromatic carbocycles. The maximum atomic E-state index is 12.1. The van der Waals surface area contributed by atoms with E-state index in [1.807, 2.05) is 33.2 Å². The summed E-state index contributed by atoms with van der Waals surface area (Å²) in [5.41, 5.74) is 2.21. The van der Waals surface area contributed by atoms with Crippen LogP contribution in [0.4, 0.5) is 4.79 Å². The highest BCUT2D eigenvalue weighted by Crippen LogP contribution is 2.27. The zero-order chi connectivity index (χ0) is 16.4. The maximum Gasteiger partial charge on any atom is 0.410 e. The largest absolute Gasteiger partial charge is 0.444 e. The fourth-order valence-corrected chi connectivity index (χ4v) is 3.25. The summed E-state index contributed by atoms with van der Waals surface area (Å²) in [5.74, 6) is 0. The van der Waals surface area contributed by atoms with Crippen LogP contribution in [0.5, 0.6) is 0 Å². The van der Waals surface area contributed by atoms with E-state index in [1.54, 1.807) is 16.2 Å². The van der Waals surface area contributed by atoms with Crippen LogP contribution in [-0.2, 0) is 15.9 Å². The molecule has 0 N–H and O–H groups in total. The molecule has 5 nitrogen and oxygen atoms in total. The Bertz CT molecular complexity index is 524. The van der Waals surface area contributed by atoms with Gasteiger partial charge in [-0.1, -0.05) is 0 Å². The molecule has 1 aliphatic rings. The van der Waals surface area contributed by atoms with Crippen molar-refractivity contribution < 1.29 is 14.3 Å². The molecule has 1 aromatic rings. The van der Waals surface area contributed by atoms with Crippen LogP contribution in [0.25, 0.3) is 0 Å². The summed E-state index contributed by atoms with van der Waals surface area (Å²) < 4.78 is 11.5. The van der Waals surface area contributed by atoms with Crippen molar-refractivity contribution in [2.75, 3.05) is 19.7 Å². The van der Waals surface area contributed by atoms with Crippen molar-refractivity contribution in [2.24, 2.45) is 0 Å². The summed E-state index contributed by atoms with van der Waals surface area (Å²) in [5, 5.41) is 0. The van der Waals surface area contributed by atoms with Gasteiger partial charge < -0.3 is 14.4 Å². The topological polar surface area (TPSA) is 51.7 Å². The minimum Gasteiger partial charge on any atom is -0.444 e. The van der Waals surface area contributed by atoms with Crippen molar-refractivity contribution in [3.05, 3.63) is 16.1 Å². The van der Waals surface area contributed by atoms with Gasteiger partial charge in [0.2, 0.25) is 0 Å². The molecule has 1 saturated heterocycles. The first-order chi connectivity index (χ1) is 10.2. The van der Waals surface area contributed by atoms with Crippen molar-refractivity contribution in [3.63, 3.8) is 0 Å². The second-order valence-corrected chi connectivity index (χ2v) is 8.00. The molecule has 1 amide bonds. The quantitative estimate of drug-likeness (QED) is 0.851. The van der Waals surface area contributed by atoms with Crippen LogP contribution < -0.4 is 0 Å². The van der Waals surface area contributed by atoms with Gasteiger partial charge in [0.05, 0.1) is 30.0 Å². The lowest BCUT2D eigenvalue weighted by Crippen LogP contribution is -2.39. The molecule has 0 radical (unpaired) electrons. The Morgan fingerprint density at radius 3 is 2.82 bits per heavy atom. The van der Waals surface area contributed by atoms with Crippen molar-refractivity contribution >= 4 is 17.4 Å². The van der Waals surface area contributed by atoms with Crippen LogP contribution in [-0.4, -0.2) is 46.9 Å². The zero-order valence-electron chi connectivity index (χ0n) is 14.1. The smallest absolute Gasteiger partial charge is 0.410 e. The van der Waals surface area contributed by atoms with Crippen molar-refractivity contribution in [1.29, 1.82) is 0 Å². The number of rotatable bonds is 4. The SMILES string of the molecule is Cc1ncsc1CCOC1(C)CCN(C(=O)OC(C)(C)C)C1. The molecular formula is C16H26N2O3S. The molecule has 1 unspecified atom stereocenters. The molecule has 6 heteroatoms. The van der Waals surface area contributed by atoms with Crippen LogP contribution >= 0.6 is 11.3 Å². The summed E-state index contributed by atoms with van der Waals surface area (Å²) in [4.78, 5) is 19.4. The molecule has 0 saturated carbocycles. The van der Waals surface area contributed by atoms with Crippen LogP contribution in [0.15, 0.2) is 5.51 Å². The first-order valence-corrected chi connectivity index (χ1v) is 8.57. The van der Waals surface area contributed by atoms with E-state index in [0.717, 1.165) is 18.5 Å². The molecule has 1 aliphatic heterocycles. The van der Waals surface area contributed by atoms with Gasteiger partial charge >= 0.3 is 6.09 Å². The number of thiazole rings is 1. The summed E-state index contributed by atoms with van der Waals surface area (Å²) in [7, 11) is 0. The van der Waals surface area contributed by atoms with Crippen LogP contribution in [0.2, 0.25) is 0 Å². The summed E-state index contributed by atoms with van der Waals surface area (Å²) in [6.07, 6.45) is 1.46. The van der Waals surface area contributed by atoms with E-state index in [9.17, 15) is 4.79 Å². The zero-order valence-corrected chi connectivity index (χ0v) is 15.0. The molecule has 22 heavy (non-hydrogen) atoms. The van der Waals surface area contributed by atoms with E-state index in [2.05, 4.69) is 11.9 Å². The van der Waals surface area contributed by atoms with Gasteiger partial charge in [-0.3, -0.25) is 0 Å². The van der Waals surface area contributed by atoms with Gasteiger partial charge in [0, 0.05) is 17.8 Å². The Labute approximate surface area is 136 Å². The second kappa shape index (κ2) is 6.54. The standard InChI is InChI=1S/C16H26N2O3S/c1-12-13(22-11-17-12)6-9-20-16(5)7-8-18(10-16)14(19)21-15(2,3)4/h11H,6-10H2,1-5H3. The van der Waals surface area contributed by atoms with Gasteiger partial charge in [-0.05, 0) is 41.0 Å². The number of hydrogen-bond donors (Lipinski definition) is 0. The third kappa shape index (κ3) is 4.68. The predicted octanol–water partition coefficient (Wildman–Crippen LogP) is 3.41. The molecule has 124 valence electrons. The van der Waals surface area contributed by atoms with Crippen molar-refractivity contribution in [2.45, 2.75) is 58.7 Å².